The fraction of sp³-hybridized carbons (Fsp3) is 0.0625. The predicted molar refractivity (Wildman–Crippen MR) is 88.7 cm³/mol. The molecule has 0 radical (unpaired) electrons. The highest BCUT2D eigenvalue weighted by molar-refractivity contribution is 7.13. The number of carbonyl (C=O) groups excluding carboxylic acids is 1. The second-order valence-electron chi connectivity index (χ2n) is 4.48. The molecule has 0 fully saturated rings. The molecule has 7 nitrogen and oxygen atoms in total. The Morgan fingerprint density at radius 3 is 2.50 bits per heavy atom. The molecular formula is C16H10N6OS. The molecule has 2 N–H and O–H groups in total. The summed E-state index contributed by atoms with van der Waals surface area (Å²) in [5, 5.41) is 34.5. The molecule has 0 atom stereocenters. The number of nitrogens with one attached hydrogen (secondary N) is 2. The highest BCUT2D eigenvalue weighted by atomic mass is 32.1. The monoisotopic (exact) mass is 334 g/mol. The molecule has 0 saturated carbocycles. The lowest BCUT2D eigenvalue weighted by molar-refractivity contribution is 0.102. The van der Waals surface area contributed by atoms with Crippen molar-refractivity contribution in [2.75, 3.05) is 10.6 Å². The topological polar surface area (TPSA) is 125 Å². The van der Waals surface area contributed by atoms with Gasteiger partial charge in [-0.25, -0.2) is 4.98 Å². The molecule has 0 spiro atoms. The van der Waals surface area contributed by atoms with Crippen molar-refractivity contribution in [1.82, 2.24) is 4.98 Å². The van der Waals surface area contributed by atoms with E-state index in [1.165, 1.54) is 11.3 Å². The zero-order valence-corrected chi connectivity index (χ0v) is 13.3. The Hall–Kier alpha value is -3.67. The smallest absolute Gasteiger partial charge is 0.257 e. The van der Waals surface area contributed by atoms with Crippen molar-refractivity contribution < 1.29 is 4.79 Å². The van der Waals surface area contributed by atoms with E-state index in [9.17, 15) is 4.79 Å². The van der Waals surface area contributed by atoms with Gasteiger partial charge in [0, 0.05) is 22.8 Å². The number of aromatic nitrogens is 1. The average Bonchev–Trinajstić information content (AvgIpc) is 3.09. The number of hydrogen-bond donors (Lipinski definition) is 2. The maximum Gasteiger partial charge on any atom is 0.257 e. The van der Waals surface area contributed by atoms with Crippen LogP contribution < -0.4 is 10.6 Å². The zero-order chi connectivity index (χ0) is 17.5. The summed E-state index contributed by atoms with van der Waals surface area (Å²) in [6, 6.07) is 10.0. The summed E-state index contributed by atoms with van der Waals surface area (Å²) in [5.74, 6) is -0.339. The van der Waals surface area contributed by atoms with Crippen molar-refractivity contribution >= 4 is 28.1 Å². The molecule has 2 rings (SSSR count). The van der Waals surface area contributed by atoms with Gasteiger partial charge in [-0.3, -0.25) is 10.1 Å². The number of thiazole rings is 1. The van der Waals surface area contributed by atoms with Crippen LogP contribution in [0.3, 0.4) is 0 Å². The van der Waals surface area contributed by atoms with Gasteiger partial charge in [0.05, 0.1) is 0 Å². The van der Waals surface area contributed by atoms with E-state index in [0.29, 0.717) is 21.9 Å². The number of allylic oxidation sites excluding steroid dienone is 2. The molecule has 8 heteroatoms. The van der Waals surface area contributed by atoms with Crippen molar-refractivity contribution in [2.45, 2.75) is 6.92 Å². The van der Waals surface area contributed by atoms with Crippen molar-refractivity contribution in [1.29, 1.82) is 15.8 Å². The number of benzene rings is 1. The van der Waals surface area contributed by atoms with Gasteiger partial charge in [-0.15, -0.1) is 11.3 Å². The van der Waals surface area contributed by atoms with Crippen molar-refractivity contribution in [3.8, 4) is 18.2 Å². The van der Waals surface area contributed by atoms with Crippen molar-refractivity contribution in [2.24, 2.45) is 0 Å². The minimum atomic E-state index is -0.339. The summed E-state index contributed by atoms with van der Waals surface area (Å²) < 4.78 is 0. The molecule has 0 bridgehead atoms. The van der Waals surface area contributed by atoms with E-state index in [4.69, 9.17) is 15.8 Å². The Balaban J connectivity index is 2.34. The predicted octanol–water partition coefficient (Wildman–Crippen LogP) is 2.94. The maximum atomic E-state index is 12.3. The van der Waals surface area contributed by atoms with Gasteiger partial charge in [-0.2, -0.15) is 15.8 Å². The lowest BCUT2D eigenvalue weighted by atomic mass is 10.1. The molecule has 0 aliphatic carbocycles. The molecular weight excluding hydrogens is 324 g/mol. The third-order valence-corrected chi connectivity index (χ3v) is 3.76. The van der Waals surface area contributed by atoms with Gasteiger partial charge in [0.15, 0.2) is 10.7 Å². The molecule has 1 aromatic carbocycles. The van der Waals surface area contributed by atoms with E-state index in [2.05, 4.69) is 15.6 Å². The van der Waals surface area contributed by atoms with Crippen LogP contribution in [0.15, 0.2) is 41.0 Å². The Kier molecular flexibility index (Phi) is 5.25. The Bertz CT molecular complexity index is 909. The van der Waals surface area contributed by atoms with Crippen LogP contribution in [0.2, 0.25) is 0 Å². The van der Waals surface area contributed by atoms with Crippen LogP contribution in [0.5, 0.6) is 0 Å². The first-order chi connectivity index (χ1) is 11.6. The van der Waals surface area contributed by atoms with E-state index >= 15 is 0 Å². The molecule has 0 aliphatic heterocycles. The van der Waals surface area contributed by atoms with E-state index in [1.54, 1.807) is 54.9 Å². The number of nitrogens with zero attached hydrogens (tertiary/aromatic N) is 4. The molecule has 1 amide bonds. The SMILES string of the molecule is Cc1c(NC(C#N)=C(C#N)C#N)cccc1C(=O)Nc1nccs1. The highest BCUT2D eigenvalue weighted by Gasteiger charge is 2.14. The second-order valence-corrected chi connectivity index (χ2v) is 5.37. The molecule has 116 valence electrons. The van der Waals surface area contributed by atoms with Crippen LogP contribution in [0.4, 0.5) is 10.8 Å². The number of amides is 1. The van der Waals surface area contributed by atoms with Gasteiger partial charge in [-0.05, 0) is 24.6 Å². The Labute approximate surface area is 142 Å². The molecule has 2 aromatic rings. The third-order valence-electron chi connectivity index (χ3n) is 3.08. The van der Waals surface area contributed by atoms with Gasteiger partial charge >= 0.3 is 0 Å². The first kappa shape index (κ1) is 16.7. The number of rotatable bonds is 4. The lowest BCUT2D eigenvalue weighted by Crippen LogP contribution is -2.14. The van der Waals surface area contributed by atoms with E-state index in [0.717, 1.165) is 0 Å². The summed E-state index contributed by atoms with van der Waals surface area (Å²) in [6.45, 7) is 1.70. The van der Waals surface area contributed by atoms with Crippen LogP contribution in [0, 0.1) is 40.9 Å². The summed E-state index contributed by atoms with van der Waals surface area (Å²) >= 11 is 1.30. The number of nitriles is 3. The normalized spacial score (nSPS) is 9.08. The van der Waals surface area contributed by atoms with Gasteiger partial charge in [0.2, 0.25) is 0 Å². The molecule has 0 aliphatic rings. The van der Waals surface area contributed by atoms with Crippen LogP contribution in [0.25, 0.3) is 0 Å². The van der Waals surface area contributed by atoms with Crippen LogP contribution in [-0.2, 0) is 0 Å². The first-order valence-corrected chi connectivity index (χ1v) is 7.50. The fourth-order valence-electron chi connectivity index (χ4n) is 1.88. The number of anilines is 2. The summed E-state index contributed by atoms with van der Waals surface area (Å²) in [5.41, 5.74) is 0.939. The first-order valence-electron chi connectivity index (χ1n) is 6.62. The van der Waals surface area contributed by atoms with Crippen LogP contribution >= 0.6 is 11.3 Å². The minimum Gasteiger partial charge on any atom is -0.345 e. The van der Waals surface area contributed by atoms with E-state index < -0.39 is 0 Å². The highest BCUT2D eigenvalue weighted by Crippen LogP contribution is 2.22. The third kappa shape index (κ3) is 3.56. The van der Waals surface area contributed by atoms with Crippen molar-refractivity contribution in [3.63, 3.8) is 0 Å². The molecule has 1 aromatic heterocycles. The van der Waals surface area contributed by atoms with E-state index in [-0.39, 0.29) is 17.2 Å². The van der Waals surface area contributed by atoms with Gasteiger partial charge in [0.1, 0.15) is 23.9 Å². The zero-order valence-electron chi connectivity index (χ0n) is 12.5. The minimum absolute atomic E-state index is 0.166. The number of carbonyl (C=O) groups is 1. The van der Waals surface area contributed by atoms with Crippen LogP contribution in [0.1, 0.15) is 15.9 Å². The van der Waals surface area contributed by atoms with Crippen LogP contribution in [-0.4, -0.2) is 10.9 Å². The molecule has 24 heavy (non-hydrogen) atoms. The average molecular weight is 334 g/mol. The quantitative estimate of drug-likeness (QED) is 0.828. The fourth-order valence-corrected chi connectivity index (χ4v) is 2.41. The van der Waals surface area contributed by atoms with E-state index in [1.807, 2.05) is 0 Å². The van der Waals surface area contributed by atoms with Gasteiger partial charge in [-0.1, -0.05) is 6.07 Å². The lowest BCUT2D eigenvalue weighted by Gasteiger charge is -2.12. The molecule has 1 heterocycles. The molecule has 0 unspecified atom stereocenters. The second kappa shape index (κ2) is 7.55. The summed E-state index contributed by atoms with van der Waals surface area (Å²) in [4.78, 5) is 16.3. The summed E-state index contributed by atoms with van der Waals surface area (Å²) in [7, 11) is 0. The molecule has 0 saturated heterocycles. The van der Waals surface area contributed by atoms with Crippen molar-refractivity contribution in [3.05, 3.63) is 52.2 Å². The largest absolute Gasteiger partial charge is 0.345 e. The maximum absolute atomic E-state index is 12.3. The van der Waals surface area contributed by atoms with Gasteiger partial charge in [0.25, 0.3) is 5.91 Å². The standard InChI is InChI=1S/C16H10N6OS/c1-10-12(15(23)22-16-20-5-6-24-16)3-2-4-13(10)21-14(9-19)11(7-17)8-18/h2-6,21H,1H3,(H,20,22,23). The summed E-state index contributed by atoms with van der Waals surface area (Å²) in [6.07, 6.45) is 1.58. The Morgan fingerprint density at radius 1 is 1.17 bits per heavy atom. The van der Waals surface area contributed by atoms with Gasteiger partial charge < -0.3 is 5.32 Å². The number of hydrogen-bond acceptors (Lipinski definition) is 7. The Morgan fingerprint density at radius 2 is 1.92 bits per heavy atom.